The second-order valence-corrected chi connectivity index (χ2v) is 5.91. The van der Waals surface area contributed by atoms with E-state index in [0.29, 0.717) is 12.4 Å². The third-order valence-electron chi connectivity index (χ3n) is 3.41. The number of fused-ring (bicyclic) bond motifs is 1. The number of thiophene rings is 1. The molecule has 0 saturated carbocycles. The maximum atomic E-state index is 12.6. The number of nitrogens with zero attached hydrogens (tertiary/aromatic N) is 4. The summed E-state index contributed by atoms with van der Waals surface area (Å²) < 4.78 is 1.13. The zero-order chi connectivity index (χ0) is 14.8. The number of carbonyl (C=O) groups excluding carboxylic acids is 1. The Balaban J connectivity index is 1.78. The minimum Gasteiger partial charge on any atom is -0.341 e. The van der Waals surface area contributed by atoms with Gasteiger partial charge in [0.2, 0.25) is 0 Å². The Morgan fingerprint density at radius 1 is 1.43 bits per heavy atom. The minimum atomic E-state index is 0.0165. The highest BCUT2D eigenvalue weighted by molar-refractivity contribution is 7.17. The van der Waals surface area contributed by atoms with Crippen LogP contribution < -0.4 is 0 Å². The van der Waals surface area contributed by atoms with Gasteiger partial charge in [0, 0.05) is 35.0 Å². The summed E-state index contributed by atoms with van der Waals surface area (Å²) in [6, 6.07) is 7.94. The summed E-state index contributed by atoms with van der Waals surface area (Å²) in [6.07, 6.45) is 0. The van der Waals surface area contributed by atoms with Crippen molar-refractivity contribution in [1.82, 2.24) is 25.5 Å². The van der Waals surface area contributed by atoms with Crippen LogP contribution in [0.5, 0.6) is 0 Å². The van der Waals surface area contributed by atoms with Crippen molar-refractivity contribution in [3.63, 3.8) is 0 Å². The van der Waals surface area contributed by atoms with Crippen LogP contribution in [0, 0.1) is 0 Å². The van der Waals surface area contributed by atoms with Crippen LogP contribution in [0.15, 0.2) is 29.6 Å². The molecule has 1 amide bonds. The lowest BCUT2D eigenvalue weighted by Crippen LogP contribution is -2.30. The Hall–Kier alpha value is -2.28. The molecule has 3 rings (SSSR count). The lowest BCUT2D eigenvalue weighted by atomic mass is 10.1. The van der Waals surface area contributed by atoms with E-state index in [1.54, 1.807) is 23.3 Å². The Kier molecular flexibility index (Phi) is 3.66. The predicted molar refractivity (Wildman–Crippen MR) is 81.4 cm³/mol. The lowest BCUT2D eigenvalue weighted by Gasteiger charge is -2.19. The van der Waals surface area contributed by atoms with E-state index in [0.717, 1.165) is 15.6 Å². The van der Waals surface area contributed by atoms with Crippen LogP contribution in [0.25, 0.3) is 10.1 Å². The predicted octanol–water partition coefficient (Wildman–Crippen LogP) is 2.29. The number of hydrogen-bond acceptors (Lipinski definition) is 5. The summed E-state index contributed by atoms with van der Waals surface area (Å²) in [5.41, 5.74) is 0.749. The van der Waals surface area contributed by atoms with E-state index in [4.69, 9.17) is 0 Å². The zero-order valence-corrected chi connectivity index (χ0v) is 12.6. The zero-order valence-electron chi connectivity index (χ0n) is 11.8. The first-order valence-corrected chi connectivity index (χ1v) is 7.50. The summed E-state index contributed by atoms with van der Waals surface area (Å²) >= 11 is 1.59. The van der Waals surface area contributed by atoms with E-state index >= 15 is 0 Å². The van der Waals surface area contributed by atoms with Gasteiger partial charge in [-0.2, -0.15) is 5.21 Å². The standard InChI is InChI=1S/C14H15N5OS/c1-9(13-15-17-18-16-13)7-19(2)14(20)11-8-21-12-6-4-3-5-10(11)12/h3-6,8-9H,7H2,1-2H3,(H,15,16,17,18). The van der Waals surface area contributed by atoms with Gasteiger partial charge >= 0.3 is 0 Å². The summed E-state index contributed by atoms with van der Waals surface area (Å²) in [7, 11) is 1.80. The first-order chi connectivity index (χ1) is 10.2. The molecule has 0 saturated heterocycles. The molecule has 1 aromatic carbocycles. The van der Waals surface area contributed by atoms with Crippen LogP contribution in [0.2, 0.25) is 0 Å². The van der Waals surface area contributed by atoms with E-state index in [2.05, 4.69) is 20.6 Å². The number of H-pyrrole nitrogens is 1. The molecule has 2 heterocycles. The highest BCUT2D eigenvalue weighted by Crippen LogP contribution is 2.26. The molecule has 0 fully saturated rings. The highest BCUT2D eigenvalue weighted by atomic mass is 32.1. The molecular weight excluding hydrogens is 286 g/mol. The molecule has 0 radical (unpaired) electrons. The van der Waals surface area contributed by atoms with E-state index in [1.807, 2.05) is 36.6 Å². The van der Waals surface area contributed by atoms with Gasteiger partial charge in [0.1, 0.15) is 0 Å². The number of aromatic nitrogens is 4. The van der Waals surface area contributed by atoms with Gasteiger partial charge in [-0.05, 0) is 6.07 Å². The van der Waals surface area contributed by atoms with E-state index < -0.39 is 0 Å². The Morgan fingerprint density at radius 2 is 2.24 bits per heavy atom. The number of hydrogen-bond donors (Lipinski definition) is 1. The number of benzene rings is 1. The number of aromatic amines is 1. The molecule has 3 aromatic rings. The van der Waals surface area contributed by atoms with Gasteiger partial charge in [-0.15, -0.1) is 21.5 Å². The van der Waals surface area contributed by atoms with Crippen molar-refractivity contribution >= 4 is 27.3 Å². The second kappa shape index (κ2) is 5.61. The number of tetrazole rings is 1. The van der Waals surface area contributed by atoms with Gasteiger partial charge < -0.3 is 4.90 Å². The summed E-state index contributed by atoms with van der Waals surface area (Å²) in [5, 5.41) is 16.8. The molecule has 0 aliphatic carbocycles. The fraction of sp³-hybridized carbons (Fsp3) is 0.286. The molecule has 1 N–H and O–H groups in total. The van der Waals surface area contributed by atoms with Crippen LogP contribution in [0.4, 0.5) is 0 Å². The number of nitrogens with one attached hydrogen (secondary N) is 1. The molecule has 0 aliphatic rings. The smallest absolute Gasteiger partial charge is 0.255 e. The number of rotatable bonds is 4. The largest absolute Gasteiger partial charge is 0.341 e. The van der Waals surface area contributed by atoms with Crippen molar-refractivity contribution in [2.24, 2.45) is 0 Å². The van der Waals surface area contributed by atoms with Gasteiger partial charge in [-0.25, -0.2) is 0 Å². The number of likely N-dealkylation sites (N-methyl/N-ethyl adjacent to an activating group) is 1. The minimum absolute atomic E-state index is 0.0165. The van der Waals surface area contributed by atoms with Crippen LogP contribution in [0.3, 0.4) is 0 Å². The summed E-state index contributed by atoms with van der Waals surface area (Å²) in [5.74, 6) is 0.662. The van der Waals surface area contributed by atoms with Crippen molar-refractivity contribution in [2.45, 2.75) is 12.8 Å². The average molecular weight is 301 g/mol. The Labute approximate surface area is 125 Å². The average Bonchev–Trinajstić information content (AvgIpc) is 3.15. The van der Waals surface area contributed by atoms with Crippen molar-refractivity contribution in [2.75, 3.05) is 13.6 Å². The van der Waals surface area contributed by atoms with E-state index in [-0.39, 0.29) is 11.8 Å². The maximum Gasteiger partial charge on any atom is 0.255 e. The van der Waals surface area contributed by atoms with Crippen molar-refractivity contribution in [1.29, 1.82) is 0 Å². The maximum absolute atomic E-state index is 12.6. The summed E-state index contributed by atoms with van der Waals surface area (Å²) in [4.78, 5) is 14.3. The first-order valence-electron chi connectivity index (χ1n) is 6.62. The summed E-state index contributed by atoms with van der Waals surface area (Å²) in [6.45, 7) is 2.52. The van der Waals surface area contributed by atoms with Crippen molar-refractivity contribution in [3.8, 4) is 0 Å². The fourth-order valence-corrected chi connectivity index (χ4v) is 3.24. The Morgan fingerprint density at radius 3 is 3.00 bits per heavy atom. The third-order valence-corrected chi connectivity index (χ3v) is 4.37. The topological polar surface area (TPSA) is 74.8 Å². The molecule has 1 unspecified atom stereocenters. The molecule has 0 spiro atoms. The van der Waals surface area contributed by atoms with Crippen LogP contribution in [0.1, 0.15) is 29.0 Å². The van der Waals surface area contributed by atoms with Crippen molar-refractivity contribution in [3.05, 3.63) is 41.0 Å². The molecule has 1 atom stereocenters. The van der Waals surface area contributed by atoms with E-state index in [1.165, 1.54) is 0 Å². The highest BCUT2D eigenvalue weighted by Gasteiger charge is 2.20. The number of amides is 1. The van der Waals surface area contributed by atoms with Gasteiger partial charge in [-0.1, -0.05) is 30.3 Å². The van der Waals surface area contributed by atoms with Crippen molar-refractivity contribution < 1.29 is 4.79 Å². The van der Waals surface area contributed by atoms with Crippen LogP contribution >= 0.6 is 11.3 Å². The SMILES string of the molecule is CC(CN(C)C(=O)c1csc2ccccc12)c1nn[nH]n1. The normalized spacial score (nSPS) is 12.5. The van der Waals surface area contributed by atoms with Gasteiger partial charge in [0.05, 0.1) is 5.56 Å². The lowest BCUT2D eigenvalue weighted by molar-refractivity contribution is 0.0789. The van der Waals surface area contributed by atoms with Gasteiger partial charge in [0.25, 0.3) is 5.91 Å². The molecule has 108 valence electrons. The Bertz CT molecular complexity index is 752. The fourth-order valence-electron chi connectivity index (χ4n) is 2.30. The quantitative estimate of drug-likeness (QED) is 0.802. The monoisotopic (exact) mass is 301 g/mol. The molecule has 0 aliphatic heterocycles. The molecule has 2 aromatic heterocycles. The molecule has 7 heteroatoms. The molecule has 0 bridgehead atoms. The van der Waals surface area contributed by atoms with E-state index in [9.17, 15) is 4.79 Å². The molecular formula is C14H15N5OS. The third kappa shape index (κ3) is 2.64. The second-order valence-electron chi connectivity index (χ2n) is 5.00. The van der Waals surface area contributed by atoms with Gasteiger partial charge in [0.15, 0.2) is 5.82 Å². The first kappa shape index (κ1) is 13.7. The number of carbonyl (C=O) groups is 1. The van der Waals surface area contributed by atoms with Crippen LogP contribution in [-0.2, 0) is 0 Å². The molecule has 6 nitrogen and oxygen atoms in total. The molecule has 21 heavy (non-hydrogen) atoms. The van der Waals surface area contributed by atoms with Crippen LogP contribution in [-0.4, -0.2) is 45.0 Å². The van der Waals surface area contributed by atoms with Gasteiger partial charge in [-0.3, -0.25) is 4.79 Å².